The molecular formula is C21H23N3O2. The average molecular weight is 349 g/mol. The number of anilines is 1. The van der Waals surface area contributed by atoms with Crippen molar-refractivity contribution in [2.45, 2.75) is 51.5 Å². The van der Waals surface area contributed by atoms with Gasteiger partial charge in [-0.05, 0) is 68.2 Å². The largest absolute Gasteiger partial charge is 0.464 e. The van der Waals surface area contributed by atoms with E-state index >= 15 is 0 Å². The molecule has 1 N–H and O–H groups in total. The van der Waals surface area contributed by atoms with Crippen molar-refractivity contribution < 1.29 is 9.21 Å². The Kier molecular flexibility index (Phi) is 3.62. The lowest BCUT2D eigenvalue weighted by Gasteiger charge is -2.15. The number of carbonyl (C=O) groups excluding carboxylic acids is 1. The summed E-state index contributed by atoms with van der Waals surface area (Å²) in [5.74, 6) is 1.44. The number of nitrogens with one attached hydrogen (secondary N) is 1. The van der Waals surface area contributed by atoms with E-state index in [0.29, 0.717) is 18.4 Å². The van der Waals surface area contributed by atoms with Crippen LogP contribution in [-0.4, -0.2) is 15.7 Å². The number of rotatable bonds is 5. The van der Waals surface area contributed by atoms with Gasteiger partial charge in [-0.2, -0.15) is 5.10 Å². The van der Waals surface area contributed by atoms with Crippen LogP contribution in [0.1, 0.15) is 48.9 Å². The highest BCUT2D eigenvalue weighted by Crippen LogP contribution is 2.40. The average Bonchev–Trinajstić information content (AvgIpc) is 3.02. The van der Waals surface area contributed by atoms with Crippen molar-refractivity contribution in [3.63, 3.8) is 0 Å². The van der Waals surface area contributed by atoms with E-state index in [2.05, 4.69) is 29.5 Å². The van der Waals surface area contributed by atoms with Crippen molar-refractivity contribution in [1.29, 1.82) is 0 Å². The molecule has 0 saturated heterocycles. The lowest BCUT2D eigenvalue weighted by Crippen LogP contribution is -2.19. The maximum atomic E-state index is 12.6. The van der Waals surface area contributed by atoms with Crippen LogP contribution < -0.4 is 5.32 Å². The summed E-state index contributed by atoms with van der Waals surface area (Å²) >= 11 is 0. The normalized spacial score (nSPS) is 17.4. The molecule has 26 heavy (non-hydrogen) atoms. The minimum Gasteiger partial charge on any atom is -0.464 e. The molecular weight excluding hydrogens is 326 g/mol. The highest BCUT2D eigenvalue weighted by atomic mass is 16.3. The molecule has 134 valence electrons. The third-order valence-corrected chi connectivity index (χ3v) is 5.85. The third-order valence-electron chi connectivity index (χ3n) is 5.85. The lowest BCUT2D eigenvalue weighted by atomic mass is 10.0. The second kappa shape index (κ2) is 6.01. The fourth-order valence-corrected chi connectivity index (χ4v) is 4.16. The SMILES string of the molecule is CC(C1CC1)n1nccc1NC(=O)Cc1coc2cc3c(cc12)CCC3. The molecule has 5 rings (SSSR count). The molecule has 1 atom stereocenters. The number of aryl methyl sites for hydroxylation is 2. The van der Waals surface area contributed by atoms with E-state index in [-0.39, 0.29) is 5.91 Å². The Hall–Kier alpha value is -2.56. The number of aromatic nitrogens is 2. The van der Waals surface area contributed by atoms with E-state index in [4.69, 9.17) is 4.42 Å². The fraction of sp³-hybridized carbons (Fsp3) is 0.429. The zero-order valence-electron chi connectivity index (χ0n) is 15.0. The molecule has 2 aliphatic rings. The van der Waals surface area contributed by atoms with Gasteiger partial charge in [0.2, 0.25) is 5.91 Å². The Labute approximate surface area is 152 Å². The van der Waals surface area contributed by atoms with Gasteiger partial charge in [0.1, 0.15) is 11.4 Å². The molecule has 1 aromatic carbocycles. The van der Waals surface area contributed by atoms with Gasteiger partial charge >= 0.3 is 0 Å². The van der Waals surface area contributed by atoms with E-state index in [9.17, 15) is 4.79 Å². The first kappa shape index (κ1) is 15.7. The number of fused-ring (bicyclic) bond motifs is 2. The fourth-order valence-electron chi connectivity index (χ4n) is 4.16. The number of carbonyl (C=O) groups is 1. The Morgan fingerprint density at radius 1 is 1.35 bits per heavy atom. The van der Waals surface area contributed by atoms with Gasteiger partial charge in [0.05, 0.1) is 24.9 Å². The number of benzene rings is 1. The Bertz CT molecular complexity index is 980. The van der Waals surface area contributed by atoms with Crippen LogP contribution >= 0.6 is 0 Å². The smallest absolute Gasteiger partial charge is 0.230 e. The summed E-state index contributed by atoms with van der Waals surface area (Å²) < 4.78 is 7.65. The predicted molar refractivity (Wildman–Crippen MR) is 100 cm³/mol. The maximum Gasteiger partial charge on any atom is 0.230 e. The summed E-state index contributed by atoms with van der Waals surface area (Å²) in [6.07, 6.45) is 9.76. The summed E-state index contributed by atoms with van der Waals surface area (Å²) in [5, 5.41) is 8.50. The van der Waals surface area contributed by atoms with Gasteiger partial charge in [0.15, 0.2) is 0 Å². The molecule has 2 heterocycles. The topological polar surface area (TPSA) is 60.1 Å². The van der Waals surface area contributed by atoms with Crippen LogP contribution in [0.5, 0.6) is 0 Å². The quantitative estimate of drug-likeness (QED) is 0.748. The van der Waals surface area contributed by atoms with E-state index < -0.39 is 0 Å². The third kappa shape index (κ3) is 2.71. The number of furan rings is 1. The molecule has 1 unspecified atom stereocenters. The zero-order valence-corrected chi connectivity index (χ0v) is 15.0. The van der Waals surface area contributed by atoms with Gasteiger partial charge in [-0.25, -0.2) is 4.68 Å². The van der Waals surface area contributed by atoms with Crippen LogP contribution in [-0.2, 0) is 24.1 Å². The zero-order chi connectivity index (χ0) is 17.7. The number of hydrogen-bond acceptors (Lipinski definition) is 3. The van der Waals surface area contributed by atoms with Crippen molar-refractivity contribution >= 4 is 22.7 Å². The van der Waals surface area contributed by atoms with Crippen LogP contribution in [0.3, 0.4) is 0 Å². The molecule has 3 aromatic rings. The molecule has 0 aliphatic heterocycles. The second-order valence-corrected chi connectivity index (χ2v) is 7.70. The summed E-state index contributed by atoms with van der Waals surface area (Å²) in [5.41, 5.74) is 4.63. The van der Waals surface area contributed by atoms with Crippen LogP contribution in [0.15, 0.2) is 35.1 Å². The van der Waals surface area contributed by atoms with Crippen LogP contribution in [0.4, 0.5) is 5.82 Å². The molecule has 1 saturated carbocycles. The summed E-state index contributed by atoms with van der Waals surface area (Å²) in [6, 6.07) is 6.56. The first-order valence-electron chi connectivity index (χ1n) is 9.54. The Morgan fingerprint density at radius 2 is 2.15 bits per heavy atom. The molecule has 0 spiro atoms. The number of nitrogens with zero attached hydrogens (tertiary/aromatic N) is 2. The van der Waals surface area contributed by atoms with Crippen LogP contribution in [0.25, 0.3) is 11.0 Å². The summed E-state index contributed by atoms with van der Waals surface area (Å²) in [6.45, 7) is 2.17. The van der Waals surface area contributed by atoms with Crippen LogP contribution in [0, 0.1) is 5.92 Å². The first-order chi connectivity index (χ1) is 12.7. The highest BCUT2D eigenvalue weighted by Gasteiger charge is 2.30. The van der Waals surface area contributed by atoms with Crippen molar-refractivity contribution in [3.8, 4) is 0 Å². The predicted octanol–water partition coefficient (Wildman–Crippen LogP) is 4.27. The van der Waals surface area contributed by atoms with E-state index in [0.717, 1.165) is 35.2 Å². The molecule has 2 aliphatic carbocycles. The van der Waals surface area contributed by atoms with Crippen LogP contribution in [0.2, 0.25) is 0 Å². The maximum absolute atomic E-state index is 12.6. The number of hydrogen-bond donors (Lipinski definition) is 1. The van der Waals surface area contributed by atoms with Gasteiger partial charge < -0.3 is 9.73 Å². The van der Waals surface area contributed by atoms with E-state index in [1.54, 1.807) is 12.5 Å². The monoisotopic (exact) mass is 349 g/mol. The summed E-state index contributed by atoms with van der Waals surface area (Å²) in [4.78, 5) is 12.6. The van der Waals surface area contributed by atoms with Gasteiger partial charge in [0, 0.05) is 17.0 Å². The van der Waals surface area contributed by atoms with E-state index in [1.165, 1.54) is 30.4 Å². The van der Waals surface area contributed by atoms with Gasteiger partial charge in [-0.1, -0.05) is 0 Å². The standard InChI is InChI=1S/C21H23N3O2/c1-13(14-5-6-14)24-20(7-8-22-24)23-21(25)11-17-12-26-19-10-16-4-2-3-15(16)9-18(17)19/h7-10,12-14H,2-6,11H2,1H3,(H,23,25). The van der Waals surface area contributed by atoms with Crippen molar-refractivity contribution in [2.24, 2.45) is 5.92 Å². The lowest BCUT2D eigenvalue weighted by molar-refractivity contribution is -0.115. The minimum atomic E-state index is -0.0297. The molecule has 1 fully saturated rings. The molecule has 2 aromatic heterocycles. The Morgan fingerprint density at radius 3 is 2.96 bits per heavy atom. The van der Waals surface area contributed by atoms with Gasteiger partial charge in [0.25, 0.3) is 0 Å². The van der Waals surface area contributed by atoms with Crippen molar-refractivity contribution in [2.75, 3.05) is 5.32 Å². The van der Waals surface area contributed by atoms with Gasteiger partial charge in [-0.3, -0.25) is 4.79 Å². The van der Waals surface area contributed by atoms with E-state index in [1.807, 2.05) is 10.7 Å². The first-order valence-corrected chi connectivity index (χ1v) is 9.54. The molecule has 1 amide bonds. The second-order valence-electron chi connectivity index (χ2n) is 7.70. The van der Waals surface area contributed by atoms with Gasteiger partial charge in [-0.15, -0.1) is 0 Å². The molecule has 0 radical (unpaired) electrons. The summed E-state index contributed by atoms with van der Waals surface area (Å²) in [7, 11) is 0. The Balaban J connectivity index is 1.35. The molecule has 0 bridgehead atoms. The van der Waals surface area contributed by atoms with Crippen molar-refractivity contribution in [3.05, 3.63) is 47.3 Å². The van der Waals surface area contributed by atoms with Crippen molar-refractivity contribution in [1.82, 2.24) is 9.78 Å². The minimum absolute atomic E-state index is 0.0297. The molecule has 5 nitrogen and oxygen atoms in total. The number of amides is 1. The molecule has 5 heteroatoms. The highest BCUT2D eigenvalue weighted by molar-refractivity contribution is 5.95.